The van der Waals surface area contributed by atoms with Crippen molar-refractivity contribution < 1.29 is 9.53 Å². The Kier molecular flexibility index (Phi) is 5.43. The van der Waals surface area contributed by atoms with Crippen molar-refractivity contribution in [2.45, 2.75) is 30.8 Å². The van der Waals surface area contributed by atoms with E-state index in [0.717, 1.165) is 42.1 Å². The van der Waals surface area contributed by atoms with Gasteiger partial charge in [-0.1, -0.05) is 25.1 Å². The smallest absolute Gasteiger partial charge is 0.164 e. The molecule has 0 saturated carbocycles. The topological polar surface area (TPSA) is 38.3 Å². The number of ketones is 1. The second kappa shape index (κ2) is 7.08. The third-order valence-electron chi connectivity index (χ3n) is 3.30. The minimum Gasteiger partial charge on any atom is -0.371 e. The zero-order valence-electron chi connectivity index (χ0n) is 11.6. The van der Waals surface area contributed by atoms with Crippen LogP contribution in [0.1, 0.15) is 41.8 Å². The van der Waals surface area contributed by atoms with Gasteiger partial charge < -0.3 is 10.1 Å². The van der Waals surface area contributed by atoms with Gasteiger partial charge in [0, 0.05) is 30.0 Å². The first-order valence-electron chi connectivity index (χ1n) is 6.80. The van der Waals surface area contributed by atoms with E-state index in [1.165, 1.54) is 0 Å². The molecule has 0 bridgehead atoms. The van der Waals surface area contributed by atoms with Crippen LogP contribution >= 0.6 is 11.8 Å². The summed E-state index contributed by atoms with van der Waals surface area (Å²) in [6.45, 7) is 4.48. The van der Waals surface area contributed by atoms with Crippen molar-refractivity contribution in [2.75, 3.05) is 26.0 Å². The van der Waals surface area contributed by atoms with Gasteiger partial charge in [0.05, 0.1) is 12.7 Å². The van der Waals surface area contributed by atoms with Crippen LogP contribution in [0.5, 0.6) is 0 Å². The molecule has 1 atom stereocenters. The molecule has 2 rings (SSSR count). The molecule has 3 nitrogen and oxygen atoms in total. The van der Waals surface area contributed by atoms with Crippen molar-refractivity contribution in [3.8, 4) is 0 Å². The molecule has 1 aromatic carbocycles. The monoisotopic (exact) mass is 279 g/mol. The first-order valence-corrected chi connectivity index (χ1v) is 8.02. The van der Waals surface area contributed by atoms with Crippen molar-refractivity contribution in [1.82, 2.24) is 5.32 Å². The van der Waals surface area contributed by atoms with Crippen LogP contribution in [0.4, 0.5) is 0 Å². The van der Waals surface area contributed by atoms with Crippen molar-refractivity contribution in [2.24, 2.45) is 0 Å². The number of thioether (sulfide) groups is 1. The summed E-state index contributed by atoms with van der Waals surface area (Å²) in [5.74, 6) is 0.234. The zero-order valence-corrected chi connectivity index (χ0v) is 12.4. The maximum Gasteiger partial charge on any atom is 0.164 e. The highest BCUT2D eigenvalue weighted by Crippen LogP contribution is 2.32. The molecule has 0 amide bonds. The SMILES string of the molecule is CCCC(=O)c1cccc(C2CNCCO2)c1SC. The normalized spacial score (nSPS) is 19.4. The van der Waals surface area contributed by atoms with E-state index >= 15 is 0 Å². The van der Waals surface area contributed by atoms with Gasteiger partial charge >= 0.3 is 0 Å². The zero-order chi connectivity index (χ0) is 13.7. The highest BCUT2D eigenvalue weighted by Gasteiger charge is 2.22. The number of carbonyl (C=O) groups is 1. The van der Waals surface area contributed by atoms with Gasteiger partial charge in [-0.25, -0.2) is 0 Å². The summed E-state index contributed by atoms with van der Waals surface area (Å²) < 4.78 is 5.81. The summed E-state index contributed by atoms with van der Waals surface area (Å²) in [7, 11) is 0. The van der Waals surface area contributed by atoms with Gasteiger partial charge in [-0.3, -0.25) is 4.79 Å². The first kappa shape index (κ1) is 14.6. The lowest BCUT2D eigenvalue weighted by Gasteiger charge is -2.26. The molecule has 1 unspecified atom stereocenters. The van der Waals surface area contributed by atoms with Gasteiger partial charge in [0.2, 0.25) is 0 Å². The lowest BCUT2D eigenvalue weighted by Crippen LogP contribution is -2.33. The van der Waals surface area contributed by atoms with Gasteiger partial charge in [0.25, 0.3) is 0 Å². The summed E-state index contributed by atoms with van der Waals surface area (Å²) in [6.07, 6.45) is 3.59. The number of morpholine rings is 1. The molecule has 0 radical (unpaired) electrons. The molecule has 0 spiro atoms. The van der Waals surface area contributed by atoms with E-state index in [2.05, 4.69) is 11.4 Å². The van der Waals surface area contributed by atoms with Crippen LogP contribution in [-0.2, 0) is 4.74 Å². The average molecular weight is 279 g/mol. The Labute approximate surface area is 119 Å². The van der Waals surface area contributed by atoms with Crippen LogP contribution in [0.3, 0.4) is 0 Å². The Balaban J connectivity index is 2.32. The summed E-state index contributed by atoms with van der Waals surface area (Å²) in [4.78, 5) is 13.3. The predicted octanol–water partition coefficient (Wildman–Crippen LogP) is 3.05. The van der Waals surface area contributed by atoms with E-state index < -0.39 is 0 Å². The van der Waals surface area contributed by atoms with Crippen LogP contribution in [0.15, 0.2) is 23.1 Å². The molecule has 0 aliphatic carbocycles. The van der Waals surface area contributed by atoms with Crippen LogP contribution in [0, 0.1) is 0 Å². The Bertz CT molecular complexity index is 442. The summed E-state index contributed by atoms with van der Waals surface area (Å²) >= 11 is 1.64. The molecule has 4 heteroatoms. The number of nitrogens with one attached hydrogen (secondary N) is 1. The van der Waals surface area contributed by atoms with Gasteiger partial charge in [-0.15, -0.1) is 11.8 Å². The Hall–Kier alpha value is -0.840. The molecule has 1 aliphatic rings. The number of benzene rings is 1. The van der Waals surface area contributed by atoms with E-state index in [0.29, 0.717) is 6.42 Å². The van der Waals surface area contributed by atoms with E-state index in [-0.39, 0.29) is 11.9 Å². The Morgan fingerprint density at radius 3 is 3.00 bits per heavy atom. The predicted molar refractivity (Wildman–Crippen MR) is 79.0 cm³/mol. The second-order valence-electron chi connectivity index (χ2n) is 4.66. The molecule has 0 aromatic heterocycles. The number of carbonyl (C=O) groups excluding carboxylic acids is 1. The lowest BCUT2D eigenvalue weighted by molar-refractivity contribution is 0.0260. The molecule has 19 heavy (non-hydrogen) atoms. The third-order valence-corrected chi connectivity index (χ3v) is 4.17. The largest absolute Gasteiger partial charge is 0.371 e. The maximum absolute atomic E-state index is 12.2. The van der Waals surface area contributed by atoms with E-state index in [1.807, 2.05) is 25.3 Å². The highest BCUT2D eigenvalue weighted by molar-refractivity contribution is 7.98. The molecule has 1 fully saturated rings. The fourth-order valence-corrected chi connectivity index (χ4v) is 3.22. The van der Waals surface area contributed by atoms with E-state index in [9.17, 15) is 4.79 Å². The van der Waals surface area contributed by atoms with E-state index in [1.54, 1.807) is 11.8 Å². The minimum absolute atomic E-state index is 0.0607. The van der Waals surface area contributed by atoms with Crippen molar-refractivity contribution in [3.05, 3.63) is 29.3 Å². The molecule has 1 saturated heterocycles. The van der Waals surface area contributed by atoms with Crippen LogP contribution in [-0.4, -0.2) is 31.7 Å². The fourth-order valence-electron chi connectivity index (χ4n) is 2.38. The Morgan fingerprint density at radius 1 is 1.53 bits per heavy atom. The minimum atomic E-state index is 0.0607. The summed E-state index contributed by atoms with van der Waals surface area (Å²) in [5.41, 5.74) is 1.99. The molecule has 104 valence electrons. The fraction of sp³-hybridized carbons (Fsp3) is 0.533. The van der Waals surface area contributed by atoms with Crippen molar-refractivity contribution in [1.29, 1.82) is 0 Å². The third kappa shape index (κ3) is 3.38. The highest BCUT2D eigenvalue weighted by atomic mass is 32.2. The standard InChI is InChI=1S/C15H21NO2S/c1-3-5-13(17)11-6-4-7-12(15(11)19-2)14-10-16-8-9-18-14/h4,6-7,14,16H,3,5,8-10H2,1-2H3. The number of rotatable bonds is 5. The molecule has 1 N–H and O–H groups in total. The quantitative estimate of drug-likeness (QED) is 0.664. The number of Topliss-reactive ketones (excluding diaryl/α,β-unsaturated/α-hetero) is 1. The van der Waals surface area contributed by atoms with Gasteiger partial charge in [0.1, 0.15) is 0 Å². The van der Waals surface area contributed by atoms with Gasteiger partial charge in [-0.05, 0) is 18.2 Å². The van der Waals surface area contributed by atoms with Gasteiger partial charge in [-0.2, -0.15) is 0 Å². The molecular formula is C15H21NO2S. The van der Waals surface area contributed by atoms with Crippen LogP contribution in [0.25, 0.3) is 0 Å². The number of ether oxygens (including phenoxy) is 1. The van der Waals surface area contributed by atoms with Crippen LogP contribution < -0.4 is 5.32 Å². The van der Waals surface area contributed by atoms with E-state index in [4.69, 9.17) is 4.74 Å². The number of hydrogen-bond donors (Lipinski definition) is 1. The van der Waals surface area contributed by atoms with Gasteiger partial charge in [0.15, 0.2) is 5.78 Å². The second-order valence-corrected chi connectivity index (χ2v) is 5.48. The van der Waals surface area contributed by atoms with Crippen molar-refractivity contribution in [3.63, 3.8) is 0 Å². The van der Waals surface area contributed by atoms with Crippen molar-refractivity contribution >= 4 is 17.5 Å². The lowest BCUT2D eigenvalue weighted by atomic mass is 10.0. The number of hydrogen-bond acceptors (Lipinski definition) is 4. The average Bonchev–Trinajstić information content (AvgIpc) is 2.47. The summed E-state index contributed by atoms with van der Waals surface area (Å²) in [6, 6.07) is 5.98. The van der Waals surface area contributed by atoms with Crippen LogP contribution in [0.2, 0.25) is 0 Å². The molecule has 1 aromatic rings. The Morgan fingerprint density at radius 2 is 2.37 bits per heavy atom. The summed E-state index contributed by atoms with van der Waals surface area (Å²) in [5, 5.41) is 3.34. The maximum atomic E-state index is 12.2. The molecule has 1 aliphatic heterocycles. The molecular weight excluding hydrogens is 258 g/mol. The molecule has 1 heterocycles. The first-order chi connectivity index (χ1) is 9.27.